The molecule has 0 unspecified atom stereocenters. The average Bonchev–Trinajstić information content (AvgIpc) is 2.55. The second-order valence-corrected chi connectivity index (χ2v) is 5.87. The van der Waals surface area contributed by atoms with E-state index < -0.39 is 0 Å². The fourth-order valence-electron chi connectivity index (χ4n) is 2.69. The van der Waals surface area contributed by atoms with Crippen molar-refractivity contribution in [3.8, 4) is 11.5 Å². The smallest absolute Gasteiger partial charge is 0.226 e. The molecule has 0 aromatic heterocycles. The first-order valence-electron chi connectivity index (χ1n) is 7.81. The van der Waals surface area contributed by atoms with Crippen molar-refractivity contribution in [2.45, 2.75) is 25.3 Å². The molecule has 1 amide bonds. The van der Waals surface area contributed by atoms with Crippen molar-refractivity contribution in [3.63, 3.8) is 0 Å². The lowest BCUT2D eigenvalue weighted by Gasteiger charge is -2.36. The van der Waals surface area contributed by atoms with Crippen molar-refractivity contribution >= 4 is 5.91 Å². The number of likely N-dealkylation sites (N-methyl/N-ethyl adjacent to an activating group) is 1. The molecule has 5 heteroatoms. The Morgan fingerprint density at radius 1 is 1.27 bits per heavy atom. The van der Waals surface area contributed by atoms with E-state index in [-0.39, 0.29) is 5.91 Å². The third-order valence-electron chi connectivity index (χ3n) is 4.12. The molecule has 1 aromatic rings. The molecule has 0 radical (unpaired) electrons. The van der Waals surface area contributed by atoms with Crippen LogP contribution in [0.3, 0.4) is 0 Å². The van der Waals surface area contributed by atoms with E-state index in [1.54, 1.807) is 7.11 Å². The number of benzene rings is 1. The topological polar surface area (TPSA) is 42.0 Å². The van der Waals surface area contributed by atoms with Crippen molar-refractivity contribution < 1.29 is 14.3 Å². The lowest BCUT2D eigenvalue weighted by molar-refractivity contribution is -0.133. The number of amides is 1. The third kappa shape index (κ3) is 4.63. The number of rotatable bonds is 6. The first-order chi connectivity index (χ1) is 10.6. The third-order valence-corrected chi connectivity index (χ3v) is 4.12. The molecule has 0 aliphatic carbocycles. The molecule has 1 aromatic carbocycles. The van der Waals surface area contributed by atoms with Gasteiger partial charge in [0.05, 0.1) is 20.1 Å². The summed E-state index contributed by atoms with van der Waals surface area (Å²) in [5.41, 5.74) is 0. The summed E-state index contributed by atoms with van der Waals surface area (Å²) in [4.78, 5) is 16.4. The summed E-state index contributed by atoms with van der Waals surface area (Å²) in [6, 6.07) is 7.88. The van der Waals surface area contributed by atoms with Crippen molar-refractivity contribution in [2.24, 2.45) is 0 Å². The number of ether oxygens (including phenoxy) is 2. The van der Waals surface area contributed by atoms with Gasteiger partial charge in [-0.3, -0.25) is 4.79 Å². The normalized spacial score (nSPS) is 18.4. The molecule has 1 atom stereocenters. The second kappa shape index (κ2) is 8.03. The van der Waals surface area contributed by atoms with E-state index in [0.717, 1.165) is 31.0 Å². The van der Waals surface area contributed by atoms with Crippen LogP contribution in [-0.2, 0) is 4.79 Å². The molecule has 5 nitrogen and oxygen atoms in total. The number of hydrogen-bond acceptors (Lipinski definition) is 4. The molecule has 1 fully saturated rings. The van der Waals surface area contributed by atoms with Crippen molar-refractivity contribution in [2.75, 3.05) is 40.9 Å². The summed E-state index contributed by atoms with van der Waals surface area (Å²) < 4.78 is 10.7. The number of carbonyl (C=O) groups excluding carboxylic acids is 1. The Morgan fingerprint density at radius 3 is 2.59 bits per heavy atom. The molecule has 2 rings (SSSR count). The Hall–Kier alpha value is -1.75. The van der Waals surface area contributed by atoms with Gasteiger partial charge in [-0.25, -0.2) is 0 Å². The highest BCUT2D eigenvalue weighted by atomic mass is 16.5. The lowest BCUT2D eigenvalue weighted by Crippen LogP contribution is -2.47. The fraction of sp³-hybridized carbons (Fsp3) is 0.588. The maximum Gasteiger partial charge on any atom is 0.226 e. The van der Waals surface area contributed by atoms with E-state index >= 15 is 0 Å². The Morgan fingerprint density at radius 2 is 1.95 bits per heavy atom. The minimum Gasteiger partial charge on any atom is -0.497 e. The van der Waals surface area contributed by atoms with Gasteiger partial charge in [0, 0.05) is 19.1 Å². The summed E-state index contributed by atoms with van der Waals surface area (Å²) in [7, 11) is 5.78. The quantitative estimate of drug-likeness (QED) is 0.806. The highest BCUT2D eigenvalue weighted by molar-refractivity contribution is 5.76. The number of nitrogens with zero attached hydrogens (tertiary/aromatic N) is 2. The molecule has 0 saturated carbocycles. The molecule has 22 heavy (non-hydrogen) atoms. The standard InChI is InChI=1S/C17H26N2O3/c1-18(2)14-5-4-11-19(13-14)17(20)10-12-22-16-8-6-15(21-3)7-9-16/h6-9,14H,4-5,10-13H2,1-3H3/t14-/m0/s1. The number of hydrogen-bond donors (Lipinski definition) is 0. The molecule has 0 bridgehead atoms. The zero-order valence-corrected chi connectivity index (χ0v) is 13.7. The van der Waals surface area contributed by atoms with Crippen LogP contribution in [0.1, 0.15) is 19.3 Å². The molecule has 1 heterocycles. The predicted octanol–water partition coefficient (Wildman–Crippen LogP) is 2.02. The van der Waals surface area contributed by atoms with E-state index in [1.807, 2.05) is 29.2 Å². The number of carbonyl (C=O) groups is 1. The fourth-order valence-corrected chi connectivity index (χ4v) is 2.69. The van der Waals surface area contributed by atoms with Crippen LogP contribution in [-0.4, -0.2) is 62.7 Å². The molecule has 0 spiro atoms. The van der Waals surface area contributed by atoms with E-state index in [4.69, 9.17) is 9.47 Å². The number of likely N-dealkylation sites (tertiary alicyclic amines) is 1. The maximum atomic E-state index is 12.3. The Labute approximate surface area is 132 Å². The summed E-state index contributed by atoms with van der Waals surface area (Å²) in [5.74, 6) is 1.74. The van der Waals surface area contributed by atoms with E-state index in [9.17, 15) is 4.79 Å². The van der Waals surface area contributed by atoms with E-state index in [1.165, 1.54) is 6.42 Å². The Kier molecular flexibility index (Phi) is 6.07. The zero-order chi connectivity index (χ0) is 15.9. The van der Waals surface area contributed by atoms with Gasteiger partial charge >= 0.3 is 0 Å². The van der Waals surface area contributed by atoms with Crippen LogP contribution in [0, 0.1) is 0 Å². The molecule has 122 valence electrons. The minimum absolute atomic E-state index is 0.181. The molecule has 1 aliphatic heterocycles. The van der Waals surface area contributed by atoms with Crippen LogP contribution < -0.4 is 9.47 Å². The van der Waals surface area contributed by atoms with Crippen LogP contribution in [0.25, 0.3) is 0 Å². The zero-order valence-electron chi connectivity index (χ0n) is 13.7. The van der Waals surface area contributed by atoms with Gasteiger partial charge in [0.1, 0.15) is 11.5 Å². The van der Waals surface area contributed by atoms with Gasteiger partial charge in [-0.15, -0.1) is 0 Å². The van der Waals surface area contributed by atoms with Gasteiger partial charge in [-0.1, -0.05) is 0 Å². The van der Waals surface area contributed by atoms with Crippen LogP contribution in [0.4, 0.5) is 0 Å². The molecular formula is C17H26N2O3. The Bertz CT molecular complexity index is 473. The summed E-state index contributed by atoms with van der Waals surface area (Å²) in [6.45, 7) is 2.11. The van der Waals surface area contributed by atoms with Gasteiger partial charge in [0.15, 0.2) is 0 Å². The molecule has 1 saturated heterocycles. The van der Waals surface area contributed by atoms with Crippen LogP contribution in [0.15, 0.2) is 24.3 Å². The first-order valence-corrected chi connectivity index (χ1v) is 7.81. The SMILES string of the molecule is COc1ccc(OCCC(=O)N2CCC[C@H](N(C)C)C2)cc1. The summed E-state index contributed by atoms with van der Waals surface area (Å²) in [6.07, 6.45) is 2.67. The monoisotopic (exact) mass is 306 g/mol. The van der Waals surface area contributed by atoms with Crippen LogP contribution >= 0.6 is 0 Å². The Balaban J connectivity index is 1.75. The lowest BCUT2D eigenvalue weighted by atomic mass is 10.0. The summed E-state index contributed by atoms with van der Waals surface area (Å²) in [5, 5.41) is 0. The highest BCUT2D eigenvalue weighted by Gasteiger charge is 2.24. The maximum absolute atomic E-state index is 12.3. The van der Waals surface area contributed by atoms with E-state index in [0.29, 0.717) is 19.1 Å². The van der Waals surface area contributed by atoms with Gasteiger partial charge < -0.3 is 19.3 Å². The highest BCUT2D eigenvalue weighted by Crippen LogP contribution is 2.18. The average molecular weight is 306 g/mol. The predicted molar refractivity (Wildman–Crippen MR) is 86.4 cm³/mol. The molecule has 0 N–H and O–H groups in total. The number of methoxy groups -OCH3 is 1. The van der Waals surface area contributed by atoms with Gasteiger partial charge in [0.25, 0.3) is 0 Å². The van der Waals surface area contributed by atoms with Gasteiger partial charge in [-0.05, 0) is 51.2 Å². The molecular weight excluding hydrogens is 280 g/mol. The van der Waals surface area contributed by atoms with Crippen molar-refractivity contribution in [1.29, 1.82) is 0 Å². The van der Waals surface area contributed by atoms with E-state index in [2.05, 4.69) is 19.0 Å². The largest absolute Gasteiger partial charge is 0.497 e. The first kappa shape index (κ1) is 16.6. The van der Waals surface area contributed by atoms with Crippen molar-refractivity contribution in [1.82, 2.24) is 9.80 Å². The van der Waals surface area contributed by atoms with Crippen LogP contribution in [0.2, 0.25) is 0 Å². The second-order valence-electron chi connectivity index (χ2n) is 5.87. The van der Waals surface area contributed by atoms with Gasteiger partial charge in [-0.2, -0.15) is 0 Å². The van der Waals surface area contributed by atoms with Crippen LogP contribution in [0.5, 0.6) is 11.5 Å². The van der Waals surface area contributed by atoms with Crippen molar-refractivity contribution in [3.05, 3.63) is 24.3 Å². The number of piperidine rings is 1. The molecule has 1 aliphatic rings. The van der Waals surface area contributed by atoms with Gasteiger partial charge in [0.2, 0.25) is 5.91 Å². The minimum atomic E-state index is 0.181. The summed E-state index contributed by atoms with van der Waals surface area (Å²) >= 11 is 0.